The fraction of sp³-hybridized carbons (Fsp3) is 0.105. The molecule has 0 radical (unpaired) electrons. The Labute approximate surface area is 158 Å². The molecule has 0 atom stereocenters. The molecule has 0 saturated carbocycles. The monoisotopic (exact) mass is 402 g/mol. The van der Waals surface area contributed by atoms with Gasteiger partial charge in [0.1, 0.15) is 5.82 Å². The molecule has 1 heterocycles. The molecule has 8 heteroatoms. The van der Waals surface area contributed by atoms with Crippen LogP contribution in [0.1, 0.15) is 5.69 Å². The average Bonchev–Trinajstić information content (AvgIpc) is 2.61. The fourth-order valence-electron chi connectivity index (χ4n) is 2.52. The van der Waals surface area contributed by atoms with Gasteiger partial charge in [0, 0.05) is 11.9 Å². The van der Waals surface area contributed by atoms with Crippen molar-refractivity contribution >= 4 is 25.7 Å². The standard InChI is InChI=1S/C19H18N2O4S2/c1-14-4-3-5-19(20-14)21-27(24,25)18-12-8-16(9-13-18)15-6-10-17(11-7-15)26(2,22)23/h3-13H,1-2H3,(H,20,21). The molecule has 3 rings (SSSR count). The number of anilines is 1. The summed E-state index contributed by atoms with van der Waals surface area (Å²) in [6.07, 6.45) is 1.15. The molecule has 0 unspecified atom stereocenters. The molecule has 2 aromatic carbocycles. The maximum Gasteiger partial charge on any atom is 0.263 e. The van der Waals surface area contributed by atoms with Crippen LogP contribution in [0.5, 0.6) is 0 Å². The van der Waals surface area contributed by atoms with Crippen LogP contribution < -0.4 is 4.72 Å². The van der Waals surface area contributed by atoms with Crippen LogP contribution in [-0.2, 0) is 19.9 Å². The number of nitrogens with one attached hydrogen (secondary N) is 1. The summed E-state index contributed by atoms with van der Waals surface area (Å²) in [6.45, 7) is 1.78. The van der Waals surface area contributed by atoms with Crippen molar-refractivity contribution in [2.75, 3.05) is 11.0 Å². The van der Waals surface area contributed by atoms with E-state index < -0.39 is 19.9 Å². The van der Waals surface area contributed by atoms with Gasteiger partial charge in [0.15, 0.2) is 9.84 Å². The summed E-state index contributed by atoms with van der Waals surface area (Å²) >= 11 is 0. The van der Waals surface area contributed by atoms with Gasteiger partial charge in [-0.3, -0.25) is 4.72 Å². The highest BCUT2D eigenvalue weighted by atomic mass is 32.2. The molecule has 0 aliphatic rings. The van der Waals surface area contributed by atoms with E-state index in [4.69, 9.17) is 0 Å². The van der Waals surface area contributed by atoms with Crippen molar-refractivity contribution in [3.8, 4) is 11.1 Å². The van der Waals surface area contributed by atoms with Crippen molar-refractivity contribution in [3.63, 3.8) is 0 Å². The van der Waals surface area contributed by atoms with E-state index in [-0.39, 0.29) is 15.6 Å². The first-order valence-corrected chi connectivity index (χ1v) is 11.4. The molecule has 3 aromatic rings. The maximum absolute atomic E-state index is 12.5. The van der Waals surface area contributed by atoms with Crippen LogP contribution in [0.25, 0.3) is 11.1 Å². The van der Waals surface area contributed by atoms with Crippen LogP contribution in [0.4, 0.5) is 5.82 Å². The van der Waals surface area contributed by atoms with Gasteiger partial charge in [-0.05, 0) is 54.4 Å². The summed E-state index contributed by atoms with van der Waals surface area (Å²) < 4.78 is 50.5. The molecule has 140 valence electrons. The van der Waals surface area contributed by atoms with Crippen LogP contribution in [0, 0.1) is 6.92 Å². The summed E-state index contributed by atoms with van der Waals surface area (Å²) in [4.78, 5) is 4.49. The number of aryl methyl sites for hydroxylation is 1. The minimum absolute atomic E-state index is 0.113. The van der Waals surface area contributed by atoms with Gasteiger partial charge in [0.25, 0.3) is 10.0 Å². The molecule has 6 nitrogen and oxygen atoms in total. The van der Waals surface area contributed by atoms with Gasteiger partial charge >= 0.3 is 0 Å². The van der Waals surface area contributed by atoms with Gasteiger partial charge in [-0.2, -0.15) is 0 Å². The lowest BCUT2D eigenvalue weighted by Gasteiger charge is -2.09. The first-order chi connectivity index (χ1) is 12.6. The number of sulfonamides is 1. The number of hydrogen-bond acceptors (Lipinski definition) is 5. The molecule has 0 fully saturated rings. The van der Waals surface area contributed by atoms with Gasteiger partial charge < -0.3 is 0 Å². The Morgan fingerprint density at radius 1 is 0.741 bits per heavy atom. The normalized spacial score (nSPS) is 11.9. The fourth-order valence-corrected chi connectivity index (χ4v) is 4.15. The summed E-state index contributed by atoms with van der Waals surface area (Å²) in [5.74, 6) is 0.260. The minimum Gasteiger partial charge on any atom is -0.263 e. The molecule has 0 aliphatic heterocycles. The number of sulfone groups is 1. The largest absolute Gasteiger partial charge is 0.263 e. The van der Waals surface area contributed by atoms with Crippen LogP contribution in [0.2, 0.25) is 0 Å². The highest BCUT2D eigenvalue weighted by molar-refractivity contribution is 7.92. The zero-order valence-corrected chi connectivity index (χ0v) is 16.4. The topological polar surface area (TPSA) is 93.2 Å². The second kappa shape index (κ2) is 7.13. The molecule has 0 bridgehead atoms. The third-order valence-corrected chi connectivity index (χ3v) is 6.41. The van der Waals surface area contributed by atoms with Gasteiger partial charge in [0.2, 0.25) is 0 Å². The number of rotatable bonds is 5. The lowest BCUT2D eigenvalue weighted by atomic mass is 10.1. The Morgan fingerprint density at radius 2 is 1.26 bits per heavy atom. The lowest BCUT2D eigenvalue weighted by Crippen LogP contribution is -2.14. The van der Waals surface area contributed by atoms with Crippen LogP contribution >= 0.6 is 0 Å². The Kier molecular flexibility index (Phi) is 5.03. The number of benzene rings is 2. The van der Waals surface area contributed by atoms with E-state index in [0.29, 0.717) is 5.69 Å². The highest BCUT2D eigenvalue weighted by Gasteiger charge is 2.15. The summed E-state index contributed by atoms with van der Waals surface area (Å²) in [7, 11) is -7.00. The van der Waals surface area contributed by atoms with Gasteiger partial charge in [-0.25, -0.2) is 21.8 Å². The first kappa shape index (κ1) is 19.1. The second-order valence-corrected chi connectivity index (χ2v) is 9.79. The van der Waals surface area contributed by atoms with Crippen molar-refractivity contribution < 1.29 is 16.8 Å². The lowest BCUT2D eigenvalue weighted by molar-refractivity contribution is 0.599. The van der Waals surface area contributed by atoms with Gasteiger partial charge in [-0.1, -0.05) is 30.3 Å². The Morgan fingerprint density at radius 3 is 1.74 bits per heavy atom. The number of nitrogens with zero attached hydrogens (tertiary/aromatic N) is 1. The summed E-state index contributed by atoms with van der Waals surface area (Å²) in [5.41, 5.74) is 2.28. The molecule has 0 aliphatic carbocycles. The Hall–Kier alpha value is -2.71. The highest BCUT2D eigenvalue weighted by Crippen LogP contribution is 2.24. The zero-order chi connectivity index (χ0) is 19.7. The van der Waals surface area contributed by atoms with Crippen LogP contribution in [0.15, 0.2) is 76.5 Å². The molecule has 0 spiro atoms. The van der Waals surface area contributed by atoms with E-state index in [0.717, 1.165) is 17.4 Å². The average molecular weight is 402 g/mol. The van der Waals surface area contributed by atoms with Crippen molar-refractivity contribution in [1.29, 1.82) is 0 Å². The summed E-state index contributed by atoms with van der Waals surface area (Å²) in [5, 5.41) is 0. The summed E-state index contributed by atoms with van der Waals surface area (Å²) in [6, 6.07) is 17.9. The molecule has 27 heavy (non-hydrogen) atoms. The van der Waals surface area contributed by atoms with Crippen molar-refractivity contribution in [3.05, 3.63) is 72.4 Å². The number of aromatic nitrogens is 1. The van der Waals surface area contributed by atoms with E-state index in [2.05, 4.69) is 9.71 Å². The van der Waals surface area contributed by atoms with E-state index in [9.17, 15) is 16.8 Å². The first-order valence-electron chi connectivity index (χ1n) is 8.02. The molecule has 1 N–H and O–H groups in total. The smallest absolute Gasteiger partial charge is 0.263 e. The predicted octanol–water partition coefficient (Wildman–Crippen LogP) is 3.26. The van der Waals surface area contributed by atoms with Crippen molar-refractivity contribution in [1.82, 2.24) is 4.98 Å². The SMILES string of the molecule is Cc1cccc(NS(=O)(=O)c2ccc(-c3ccc(S(C)(=O)=O)cc3)cc2)n1. The van der Waals surface area contributed by atoms with E-state index >= 15 is 0 Å². The van der Waals surface area contributed by atoms with Crippen molar-refractivity contribution in [2.24, 2.45) is 0 Å². The van der Waals surface area contributed by atoms with Gasteiger partial charge in [0.05, 0.1) is 9.79 Å². The quantitative estimate of drug-likeness (QED) is 0.707. The van der Waals surface area contributed by atoms with E-state index in [1.54, 1.807) is 49.4 Å². The van der Waals surface area contributed by atoms with Crippen molar-refractivity contribution in [2.45, 2.75) is 16.7 Å². The third kappa shape index (κ3) is 4.53. The van der Waals surface area contributed by atoms with Crippen LogP contribution in [-0.4, -0.2) is 28.1 Å². The number of hydrogen-bond donors (Lipinski definition) is 1. The van der Waals surface area contributed by atoms with Gasteiger partial charge in [-0.15, -0.1) is 0 Å². The van der Waals surface area contributed by atoms with E-state index in [1.165, 1.54) is 24.3 Å². The Balaban J connectivity index is 1.84. The number of pyridine rings is 1. The minimum atomic E-state index is -3.75. The third-order valence-electron chi connectivity index (χ3n) is 3.91. The van der Waals surface area contributed by atoms with Crippen LogP contribution in [0.3, 0.4) is 0 Å². The Bertz CT molecular complexity index is 1170. The molecular formula is C19H18N2O4S2. The zero-order valence-electron chi connectivity index (χ0n) is 14.7. The second-order valence-electron chi connectivity index (χ2n) is 6.09. The van der Waals surface area contributed by atoms with E-state index in [1.807, 2.05) is 0 Å². The molecule has 0 amide bonds. The molecule has 1 aromatic heterocycles. The molecular weight excluding hydrogens is 384 g/mol. The molecule has 0 saturated heterocycles. The maximum atomic E-state index is 12.5. The predicted molar refractivity (Wildman–Crippen MR) is 105 cm³/mol.